The van der Waals surface area contributed by atoms with Gasteiger partial charge in [0.15, 0.2) is 0 Å². The molecule has 1 atom stereocenters. The van der Waals surface area contributed by atoms with E-state index in [9.17, 15) is 0 Å². The third kappa shape index (κ3) is 3.10. The zero-order chi connectivity index (χ0) is 11.5. The summed E-state index contributed by atoms with van der Waals surface area (Å²) in [7, 11) is 0. The van der Waals surface area contributed by atoms with Crippen LogP contribution < -0.4 is 16.6 Å². The summed E-state index contributed by atoms with van der Waals surface area (Å²) < 4.78 is 0.796. The van der Waals surface area contributed by atoms with Gasteiger partial charge in [0.1, 0.15) is 0 Å². The molecule has 1 aromatic rings. The van der Waals surface area contributed by atoms with Gasteiger partial charge in [-0.2, -0.15) is 0 Å². The number of hydrogen-bond donors (Lipinski definition) is 3. The van der Waals surface area contributed by atoms with Crippen molar-refractivity contribution in [3.8, 4) is 0 Å². The first-order valence-corrected chi connectivity index (χ1v) is 6.44. The molecule has 6 heteroatoms. The van der Waals surface area contributed by atoms with Gasteiger partial charge in [0, 0.05) is 4.88 Å². The molecule has 0 radical (unpaired) electrons. The van der Waals surface area contributed by atoms with Gasteiger partial charge in [-0.1, -0.05) is 11.6 Å². The molecule has 1 aliphatic carbocycles. The fourth-order valence-electron chi connectivity index (χ4n) is 1.34. The normalized spacial score (nSPS) is 18.3. The van der Waals surface area contributed by atoms with Gasteiger partial charge < -0.3 is 5.32 Å². The average molecular weight is 259 g/mol. The zero-order valence-corrected chi connectivity index (χ0v) is 10.6. The number of nitrogens with one attached hydrogen (secondary N) is 2. The SMILES string of the molecule is CC(NC(=NC1CC1)NN)c1ccc(Cl)s1. The first-order valence-electron chi connectivity index (χ1n) is 5.25. The van der Waals surface area contributed by atoms with Crippen LogP contribution in [0.4, 0.5) is 0 Å². The molecule has 1 heterocycles. The maximum absolute atomic E-state index is 5.89. The Morgan fingerprint density at radius 3 is 2.88 bits per heavy atom. The van der Waals surface area contributed by atoms with E-state index >= 15 is 0 Å². The van der Waals surface area contributed by atoms with Crippen LogP contribution in [0, 0.1) is 0 Å². The second kappa shape index (κ2) is 5.03. The van der Waals surface area contributed by atoms with E-state index in [1.54, 1.807) is 11.3 Å². The average Bonchev–Trinajstić information content (AvgIpc) is 2.97. The molecule has 1 fully saturated rings. The smallest absolute Gasteiger partial charge is 0.206 e. The maximum atomic E-state index is 5.89. The van der Waals surface area contributed by atoms with Crippen LogP contribution in [0.1, 0.15) is 30.7 Å². The largest absolute Gasteiger partial charge is 0.348 e. The van der Waals surface area contributed by atoms with Gasteiger partial charge in [-0.3, -0.25) is 5.43 Å². The quantitative estimate of drug-likeness (QED) is 0.337. The van der Waals surface area contributed by atoms with E-state index in [2.05, 4.69) is 22.7 Å². The number of rotatable bonds is 3. The molecule has 1 aromatic heterocycles. The number of hydrazine groups is 1. The Morgan fingerprint density at radius 1 is 1.62 bits per heavy atom. The summed E-state index contributed by atoms with van der Waals surface area (Å²) in [5, 5.41) is 3.23. The lowest BCUT2D eigenvalue weighted by Crippen LogP contribution is -2.42. The van der Waals surface area contributed by atoms with Crippen LogP contribution in [-0.2, 0) is 0 Å². The Kier molecular flexibility index (Phi) is 3.68. The summed E-state index contributed by atoms with van der Waals surface area (Å²) in [5.41, 5.74) is 2.59. The summed E-state index contributed by atoms with van der Waals surface area (Å²) in [4.78, 5) is 5.59. The van der Waals surface area contributed by atoms with Crippen LogP contribution in [0.15, 0.2) is 17.1 Å². The van der Waals surface area contributed by atoms with Crippen molar-refractivity contribution in [3.05, 3.63) is 21.3 Å². The van der Waals surface area contributed by atoms with Gasteiger partial charge in [-0.15, -0.1) is 11.3 Å². The monoisotopic (exact) mass is 258 g/mol. The third-order valence-electron chi connectivity index (χ3n) is 2.37. The van der Waals surface area contributed by atoms with E-state index < -0.39 is 0 Å². The lowest BCUT2D eigenvalue weighted by molar-refractivity contribution is 0.699. The van der Waals surface area contributed by atoms with Crippen LogP contribution in [0.25, 0.3) is 0 Å². The van der Waals surface area contributed by atoms with Gasteiger partial charge in [0.2, 0.25) is 5.96 Å². The third-order valence-corrected chi connectivity index (χ3v) is 3.78. The van der Waals surface area contributed by atoms with Gasteiger partial charge in [0.05, 0.1) is 16.4 Å². The van der Waals surface area contributed by atoms with Gasteiger partial charge in [-0.25, -0.2) is 10.8 Å². The van der Waals surface area contributed by atoms with E-state index in [4.69, 9.17) is 17.4 Å². The molecule has 1 aliphatic rings. The lowest BCUT2D eigenvalue weighted by atomic mass is 10.3. The Balaban J connectivity index is 1.97. The van der Waals surface area contributed by atoms with E-state index in [1.165, 1.54) is 4.88 Å². The van der Waals surface area contributed by atoms with Crippen LogP contribution in [0.3, 0.4) is 0 Å². The summed E-state index contributed by atoms with van der Waals surface area (Å²) in [6.45, 7) is 2.06. The fraction of sp³-hybridized carbons (Fsp3) is 0.500. The van der Waals surface area contributed by atoms with Crippen LogP contribution in [0.2, 0.25) is 4.34 Å². The zero-order valence-electron chi connectivity index (χ0n) is 9.03. The molecular weight excluding hydrogens is 244 g/mol. The van der Waals surface area contributed by atoms with Crippen molar-refractivity contribution in [3.63, 3.8) is 0 Å². The predicted molar refractivity (Wildman–Crippen MR) is 68.7 cm³/mol. The molecule has 0 aromatic carbocycles. The minimum absolute atomic E-state index is 0.158. The number of nitrogens with two attached hydrogens (primary N) is 1. The molecule has 0 saturated heterocycles. The number of nitrogens with zero attached hydrogens (tertiary/aromatic N) is 1. The number of halogens is 1. The molecule has 4 N–H and O–H groups in total. The van der Waals surface area contributed by atoms with Crippen molar-refractivity contribution in [2.45, 2.75) is 31.8 Å². The van der Waals surface area contributed by atoms with Gasteiger partial charge >= 0.3 is 0 Å². The van der Waals surface area contributed by atoms with Crippen molar-refractivity contribution in [2.75, 3.05) is 0 Å². The second-order valence-electron chi connectivity index (χ2n) is 3.86. The highest BCUT2D eigenvalue weighted by Gasteiger charge is 2.21. The highest BCUT2D eigenvalue weighted by atomic mass is 35.5. The molecule has 1 unspecified atom stereocenters. The standard InChI is InChI=1S/C10H15ClN4S/c1-6(8-4-5-9(11)16-8)13-10(15-12)14-7-2-3-7/h4-7H,2-3,12H2,1H3,(H2,13,14,15). The van der Waals surface area contributed by atoms with E-state index in [1.807, 2.05) is 12.1 Å². The van der Waals surface area contributed by atoms with Crippen LogP contribution in [-0.4, -0.2) is 12.0 Å². The number of guanidine groups is 1. The van der Waals surface area contributed by atoms with E-state index in [0.717, 1.165) is 17.2 Å². The molecule has 88 valence electrons. The minimum Gasteiger partial charge on any atom is -0.348 e. The molecule has 0 spiro atoms. The minimum atomic E-state index is 0.158. The highest BCUT2D eigenvalue weighted by molar-refractivity contribution is 7.16. The Bertz CT molecular complexity index is 386. The Hall–Kier alpha value is -0.780. The van der Waals surface area contributed by atoms with Crippen LogP contribution in [0.5, 0.6) is 0 Å². The van der Waals surface area contributed by atoms with Crippen molar-refractivity contribution in [2.24, 2.45) is 10.8 Å². The summed E-state index contributed by atoms with van der Waals surface area (Å²) >= 11 is 7.45. The molecule has 16 heavy (non-hydrogen) atoms. The number of aliphatic imine (C=N–C) groups is 1. The number of thiophene rings is 1. The Labute approximate surface area is 104 Å². The highest BCUT2D eigenvalue weighted by Crippen LogP contribution is 2.27. The Morgan fingerprint density at radius 2 is 2.38 bits per heavy atom. The molecule has 4 nitrogen and oxygen atoms in total. The van der Waals surface area contributed by atoms with Crippen molar-refractivity contribution in [1.29, 1.82) is 0 Å². The van der Waals surface area contributed by atoms with E-state index in [-0.39, 0.29) is 6.04 Å². The topological polar surface area (TPSA) is 62.4 Å². The van der Waals surface area contributed by atoms with Crippen LogP contribution >= 0.6 is 22.9 Å². The molecule has 0 bridgehead atoms. The second-order valence-corrected chi connectivity index (χ2v) is 5.61. The van der Waals surface area contributed by atoms with E-state index in [0.29, 0.717) is 12.0 Å². The number of hydrogen-bond acceptors (Lipinski definition) is 3. The molecule has 0 amide bonds. The van der Waals surface area contributed by atoms with Crippen molar-refractivity contribution < 1.29 is 0 Å². The lowest BCUT2D eigenvalue weighted by Gasteiger charge is -2.14. The van der Waals surface area contributed by atoms with Gasteiger partial charge in [0.25, 0.3) is 0 Å². The van der Waals surface area contributed by atoms with Crippen molar-refractivity contribution >= 4 is 28.9 Å². The molecule has 2 rings (SSSR count). The maximum Gasteiger partial charge on any atom is 0.206 e. The summed E-state index contributed by atoms with van der Waals surface area (Å²) in [5.74, 6) is 6.07. The van der Waals surface area contributed by atoms with Gasteiger partial charge in [-0.05, 0) is 31.9 Å². The summed E-state index contributed by atoms with van der Waals surface area (Å²) in [6, 6.07) is 4.51. The summed E-state index contributed by atoms with van der Waals surface area (Å²) in [6.07, 6.45) is 2.32. The van der Waals surface area contributed by atoms with Crippen molar-refractivity contribution in [1.82, 2.24) is 10.7 Å². The first kappa shape index (κ1) is 11.7. The molecule has 0 aliphatic heterocycles. The molecule has 1 saturated carbocycles. The first-order chi connectivity index (χ1) is 7.69. The molecular formula is C10H15ClN4S. The fourth-order valence-corrected chi connectivity index (χ4v) is 2.40. The predicted octanol–water partition coefficient (Wildman–Crippen LogP) is 2.03.